The Morgan fingerprint density at radius 1 is 1.45 bits per heavy atom. The van der Waals surface area contributed by atoms with Crippen LogP contribution in [0, 0.1) is 5.92 Å². The lowest BCUT2D eigenvalue weighted by Crippen LogP contribution is -2.27. The highest BCUT2D eigenvalue weighted by atomic mass is 35.5. The summed E-state index contributed by atoms with van der Waals surface area (Å²) in [7, 11) is -3.21. The number of hydrogen-bond donors (Lipinski definition) is 1. The molecule has 2 rings (SSSR count). The molecule has 1 heterocycles. The maximum Gasteiger partial charge on any atom is 0.230 e. The lowest BCUT2D eigenvalue weighted by atomic mass is 10.2. The van der Waals surface area contributed by atoms with E-state index in [1.165, 1.54) is 0 Å². The molecule has 0 spiro atoms. The second-order valence-electron chi connectivity index (χ2n) is 5.30. The number of sulfone groups is 1. The van der Waals surface area contributed by atoms with Gasteiger partial charge in [0.05, 0.1) is 16.8 Å². The fourth-order valence-corrected chi connectivity index (χ4v) is 3.51. The molecule has 1 N–H and O–H groups in total. The second kappa shape index (κ2) is 6.26. The number of anilines is 1. The van der Waals surface area contributed by atoms with Gasteiger partial charge in [-0.15, -0.1) is 0 Å². The molecule has 22 heavy (non-hydrogen) atoms. The van der Waals surface area contributed by atoms with Crippen LogP contribution in [0.5, 0.6) is 0 Å². The van der Waals surface area contributed by atoms with E-state index in [0.717, 1.165) is 11.8 Å². The van der Waals surface area contributed by atoms with Crippen LogP contribution in [0.15, 0.2) is 18.2 Å². The summed E-state index contributed by atoms with van der Waals surface area (Å²) in [5, 5.41) is 3.26. The second-order valence-corrected chi connectivity index (χ2v) is 7.92. The van der Waals surface area contributed by atoms with Gasteiger partial charge in [0.2, 0.25) is 11.9 Å². The van der Waals surface area contributed by atoms with Gasteiger partial charge in [-0.25, -0.2) is 13.4 Å². The van der Waals surface area contributed by atoms with Crippen LogP contribution < -0.4 is 5.32 Å². The topological polar surface area (TPSA) is 81.1 Å². The minimum absolute atomic E-state index is 0.197. The summed E-state index contributed by atoms with van der Waals surface area (Å²) in [6.45, 7) is 4.13. The molecule has 0 unspecified atom stereocenters. The lowest BCUT2D eigenvalue weighted by molar-refractivity contribution is -0.118. The fourth-order valence-electron chi connectivity index (χ4n) is 2.28. The van der Waals surface area contributed by atoms with E-state index in [9.17, 15) is 13.2 Å². The molecule has 2 aromatic rings. The Bertz CT molecular complexity index is 814. The molecule has 0 saturated carbocycles. The van der Waals surface area contributed by atoms with Gasteiger partial charge in [-0.2, -0.15) is 0 Å². The number of amides is 1. The molecule has 0 aliphatic rings. The molecule has 8 heteroatoms. The van der Waals surface area contributed by atoms with Crippen LogP contribution in [0.4, 0.5) is 5.95 Å². The molecular formula is C14H18ClN3O3S. The van der Waals surface area contributed by atoms with Crippen molar-refractivity contribution in [3.05, 3.63) is 23.2 Å². The van der Waals surface area contributed by atoms with Gasteiger partial charge >= 0.3 is 0 Å². The predicted molar refractivity (Wildman–Crippen MR) is 87.9 cm³/mol. The number of imidazole rings is 1. The molecule has 0 fully saturated rings. The van der Waals surface area contributed by atoms with Crippen molar-refractivity contribution in [3.8, 4) is 0 Å². The summed E-state index contributed by atoms with van der Waals surface area (Å²) in [4.78, 5) is 16.5. The van der Waals surface area contributed by atoms with Crippen LogP contribution in [-0.2, 0) is 21.2 Å². The fraction of sp³-hybridized carbons (Fsp3) is 0.429. The molecule has 1 amide bonds. The minimum Gasteiger partial charge on any atom is -0.310 e. The third kappa shape index (κ3) is 3.78. The van der Waals surface area contributed by atoms with Crippen molar-refractivity contribution < 1.29 is 13.2 Å². The SMILES string of the molecule is CCn1c(NC(=O)[C@H](C)CS(C)(=O)=O)nc2cc(Cl)ccc21. The van der Waals surface area contributed by atoms with Gasteiger partial charge in [-0.3, -0.25) is 10.1 Å². The van der Waals surface area contributed by atoms with Gasteiger partial charge < -0.3 is 4.57 Å². The molecule has 6 nitrogen and oxygen atoms in total. The number of nitrogens with zero attached hydrogens (tertiary/aromatic N) is 2. The van der Waals surface area contributed by atoms with E-state index in [2.05, 4.69) is 10.3 Å². The van der Waals surface area contributed by atoms with Crippen LogP contribution in [-0.4, -0.2) is 35.9 Å². The first-order valence-corrected chi connectivity index (χ1v) is 9.29. The van der Waals surface area contributed by atoms with E-state index in [1.807, 2.05) is 17.6 Å². The van der Waals surface area contributed by atoms with E-state index in [0.29, 0.717) is 23.0 Å². The molecule has 1 aromatic heterocycles. The number of benzene rings is 1. The number of carbonyl (C=O) groups excluding carboxylic acids is 1. The van der Waals surface area contributed by atoms with Crippen molar-refractivity contribution in [2.24, 2.45) is 5.92 Å². The van der Waals surface area contributed by atoms with Gasteiger partial charge in [0, 0.05) is 23.7 Å². The number of aromatic nitrogens is 2. The summed E-state index contributed by atoms with van der Waals surface area (Å²) < 4.78 is 24.4. The van der Waals surface area contributed by atoms with Crippen molar-refractivity contribution >= 4 is 44.3 Å². The number of nitrogens with one attached hydrogen (secondary N) is 1. The average Bonchev–Trinajstić information content (AvgIpc) is 2.72. The molecule has 0 radical (unpaired) electrons. The normalized spacial score (nSPS) is 13.3. The van der Waals surface area contributed by atoms with Gasteiger partial charge in [0.25, 0.3) is 0 Å². The van der Waals surface area contributed by atoms with Crippen molar-refractivity contribution in [2.75, 3.05) is 17.3 Å². The van der Waals surface area contributed by atoms with Gasteiger partial charge in [-0.1, -0.05) is 18.5 Å². The molecule has 1 aromatic carbocycles. The van der Waals surface area contributed by atoms with Crippen molar-refractivity contribution in [2.45, 2.75) is 20.4 Å². The third-order valence-electron chi connectivity index (χ3n) is 3.26. The van der Waals surface area contributed by atoms with Gasteiger partial charge in [0.1, 0.15) is 9.84 Å². The van der Waals surface area contributed by atoms with E-state index in [4.69, 9.17) is 11.6 Å². The van der Waals surface area contributed by atoms with Crippen molar-refractivity contribution in [1.82, 2.24) is 9.55 Å². The molecule has 0 bridgehead atoms. The summed E-state index contributed by atoms with van der Waals surface area (Å²) >= 11 is 5.95. The number of rotatable bonds is 5. The summed E-state index contributed by atoms with van der Waals surface area (Å²) in [5.74, 6) is -0.827. The van der Waals surface area contributed by atoms with Crippen LogP contribution in [0.1, 0.15) is 13.8 Å². The number of fused-ring (bicyclic) bond motifs is 1. The summed E-state index contributed by atoms with van der Waals surface area (Å²) in [6.07, 6.45) is 1.11. The summed E-state index contributed by atoms with van der Waals surface area (Å²) in [6, 6.07) is 5.32. The highest BCUT2D eigenvalue weighted by Gasteiger charge is 2.20. The predicted octanol–water partition coefficient (Wildman–Crippen LogP) is 2.33. The Morgan fingerprint density at radius 2 is 2.14 bits per heavy atom. The Morgan fingerprint density at radius 3 is 2.73 bits per heavy atom. The Hall–Kier alpha value is -1.60. The Balaban J connectivity index is 2.29. The summed E-state index contributed by atoms with van der Waals surface area (Å²) in [5.41, 5.74) is 1.54. The molecule has 0 aliphatic heterocycles. The number of carbonyl (C=O) groups is 1. The number of halogens is 1. The van der Waals surface area contributed by atoms with Crippen LogP contribution in [0.3, 0.4) is 0 Å². The van der Waals surface area contributed by atoms with Crippen molar-refractivity contribution in [3.63, 3.8) is 0 Å². The lowest BCUT2D eigenvalue weighted by Gasteiger charge is -2.12. The number of aryl methyl sites for hydroxylation is 1. The largest absolute Gasteiger partial charge is 0.310 e. The maximum atomic E-state index is 12.1. The first-order valence-electron chi connectivity index (χ1n) is 6.85. The molecular weight excluding hydrogens is 326 g/mol. The monoisotopic (exact) mass is 343 g/mol. The smallest absolute Gasteiger partial charge is 0.230 e. The van der Waals surface area contributed by atoms with E-state index < -0.39 is 15.8 Å². The number of hydrogen-bond acceptors (Lipinski definition) is 4. The minimum atomic E-state index is -3.21. The average molecular weight is 344 g/mol. The van der Waals surface area contributed by atoms with Gasteiger partial charge in [-0.05, 0) is 25.1 Å². The van der Waals surface area contributed by atoms with Gasteiger partial charge in [0.15, 0.2) is 0 Å². The standard InChI is InChI=1S/C14H18ClN3O3S/c1-4-18-12-6-5-10(15)7-11(12)16-14(18)17-13(19)9(2)8-22(3,20)21/h5-7,9H,4,8H2,1-3H3,(H,16,17,19)/t9-/m1/s1. The maximum absolute atomic E-state index is 12.1. The van der Waals surface area contributed by atoms with Crippen LogP contribution in [0.25, 0.3) is 11.0 Å². The van der Waals surface area contributed by atoms with Crippen LogP contribution in [0.2, 0.25) is 5.02 Å². The van der Waals surface area contributed by atoms with Crippen LogP contribution >= 0.6 is 11.6 Å². The zero-order valence-corrected chi connectivity index (χ0v) is 14.2. The highest BCUT2D eigenvalue weighted by molar-refractivity contribution is 7.90. The molecule has 0 saturated heterocycles. The highest BCUT2D eigenvalue weighted by Crippen LogP contribution is 2.23. The van der Waals surface area contributed by atoms with E-state index in [1.54, 1.807) is 19.1 Å². The molecule has 0 aliphatic carbocycles. The Labute approximate surface area is 134 Å². The third-order valence-corrected chi connectivity index (χ3v) is 4.60. The first kappa shape index (κ1) is 16.8. The zero-order chi connectivity index (χ0) is 16.5. The van der Waals surface area contributed by atoms with E-state index >= 15 is 0 Å². The molecule has 120 valence electrons. The van der Waals surface area contributed by atoms with E-state index in [-0.39, 0.29) is 11.7 Å². The molecule has 1 atom stereocenters. The first-order chi connectivity index (χ1) is 10.2. The Kier molecular flexibility index (Phi) is 4.77. The zero-order valence-electron chi connectivity index (χ0n) is 12.6. The quantitative estimate of drug-likeness (QED) is 0.903. The van der Waals surface area contributed by atoms with Crippen molar-refractivity contribution in [1.29, 1.82) is 0 Å².